The smallest absolute Gasteiger partial charge is 0.0823 e. The van der Waals surface area contributed by atoms with Crippen LogP contribution in [0.5, 0.6) is 0 Å². The SMILES string of the molecule is CC(C[C@@H]1COC[C@H]1O)C(C)(C)C. The lowest BCUT2D eigenvalue weighted by Gasteiger charge is -2.29. The van der Waals surface area contributed by atoms with E-state index >= 15 is 0 Å². The van der Waals surface area contributed by atoms with Gasteiger partial charge in [-0.3, -0.25) is 0 Å². The summed E-state index contributed by atoms with van der Waals surface area (Å²) < 4.78 is 5.23. The monoisotopic (exact) mass is 186 g/mol. The van der Waals surface area contributed by atoms with Gasteiger partial charge in [-0.15, -0.1) is 0 Å². The predicted molar refractivity (Wildman–Crippen MR) is 53.6 cm³/mol. The van der Waals surface area contributed by atoms with Gasteiger partial charge in [0.05, 0.1) is 19.3 Å². The van der Waals surface area contributed by atoms with Crippen molar-refractivity contribution in [2.75, 3.05) is 13.2 Å². The summed E-state index contributed by atoms with van der Waals surface area (Å²) in [5, 5.41) is 9.58. The molecule has 1 fully saturated rings. The molecular formula is C11H22O2. The number of ether oxygens (including phenoxy) is 1. The molecule has 0 aliphatic carbocycles. The minimum atomic E-state index is -0.232. The number of aliphatic hydroxyl groups is 1. The summed E-state index contributed by atoms with van der Waals surface area (Å²) in [4.78, 5) is 0. The van der Waals surface area contributed by atoms with Crippen LogP contribution in [0.2, 0.25) is 0 Å². The zero-order valence-electron chi connectivity index (χ0n) is 9.21. The van der Waals surface area contributed by atoms with Crippen LogP contribution in [-0.2, 0) is 4.74 Å². The van der Waals surface area contributed by atoms with Gasteiger partial charge in [-0.1, -0.05) is 27.7 Å². The van der Waals surface area contributed by atoms with Crippen molar-refractivity contribution in [2.24, 2.45) is 17.3 Å². The molecule has 0 aromatic rings. The predicted octanol–water partition coefficient (Wildman–Crippen LogP) is 2.07. The summed E-state index contributed by atoms with van der Waals surface area (Å²) >= 11 is 0. The Kier molecular flexibility index (Phi) is 3.36. The van der Waals surface area contributed by atoms with Crippen LogP contribution in [0.1, 0.15) is 34.1 Å². The fourth-order valence-corrected chi connectivity index (χ4v) is 1.62. The molecule has 1 heterocycles. The average molecular weight is 186 g/mol. The highest BCUT2D eigenvalue weighted by atomic mass is 16.5. The Morgan fingerprint density at radius 3 is 2.38 bits per heavy atom. The molecule has 1 saturated heterocycles. The highest BCUT2D eigenvalue weighted by Crippen LogP contribution is 2.33. The second-order valence-electron chi connectivity index (χ2n) is 5.37. The summed E-state index contributed by atoms with van der Waals surface area (Å²) in [5.41, 5.74) is 0.336. The summed E-state index contributed by atoms with van der Waals surface area (Å²) in [6.07, 6.45) is 0.842. The van der Waals surface area contributed by atoms with Gasteiger partial charge in [0.15, 0.2) is 0 Å². The molecule has 1 unspecified atom stereocenters. The van der Waals surface area contributed by atoms with Crippen LogP contribution < -0.4 is 0 Å². The molecule has 1 aliphatic heterocycles. The third kappa shape index (κ3) is 2.96. The Hall–Kier alpha value is -0.0800. The number of aliphatic hydroxyl groups excluding tert-OH is 1. The zero-order chi connectivity index (χ0) is 10.1. The van der Waals surface area contributed by atoms with Gasteiger partial charge in [-0.05, 0) is 17.8 Å². The molecule has 0 spiro atoms. The normalized spacial score (nSPS) is 32.1. The zero-order valence-corrected chi connectivity index (χ0v) is 9.21. The molecule has 1 aliphatic rings. The molecule has 1 rings (SSSR count). The van der Waals surface area contributed by atoms with E-state index in [1.54, 1.807) is 0 Å². The Bertz CT molecular complexity index is 160. The Morgan fingerprint density at radius 2 is 2.00 bits per heavy atom. The van der Waals surface area contributed by atoms with Crippen molar-refractivity contribution in [1.29, 1.82) is 0 Å². The van der Waals surface area contributed by atoms with Crippen molar-refractivity contribution < 1.29 is 9.84 Å². The molecule has 0 amide bonds. The van der Waals surface area contributed by atoms with Gasteiger partial charge in [-0.25, -0.2) is 0 Å². The first-order chi connectivity index (χ1) is 5.91. The van der Waals surface area contributed by atoms with Gasteiger partial charge in [0, 0.05) is 5.92 Å². The van der Waals surface area contributed by atoms with Crippen LogP contribution in [0, 0.1) is 17.3 Å². The van der Waals surface area contributed by atoms with E-state index in [0.717, 1.165) is 13.0 Å². The van der Waals surface area contributed by atoms with Gasteiger partial charge >= 0.3 is 0 Å². The first kappa shape index (κ1) is 11.0. The van der Waals surface area contributed by atoms with Crippen molar-refractivity contribution in [1.82, 2.24) is 0 Å². The van der Waals surface area contributed by atoms with Gasteiger partial charge in [-0.2, -0.15) is 0 Å². The van der Waals surface area contributed by atoms with E-state index in [4.69, 9.17) is 4.74 Å². The van der Waals surface area contributed by atoms with E-state index in [9.17, 15) is 5.11 Å². The molecule has 13 heavy (non-hydrogen) atoms. The first-order valence-corrected chi connectivity index (χ1v) is 5.17. The number of hydrogen-bond acceptors (Lipinski definition) is 2. The van der Waals surface area contributed by atoms with Crippen molar-refractivity contribution in [3.63, 3.8) is 0 Å². The van der Waals surface area contributed by atoms with E-state index in [1.165, 1.54) is 0 Å². The van der Waals surface area contributed by atoms with E-state index in [0.29, 0.717) is 23.9 Å². The van der Waals surface area contributed by atoms with Crippen molar-refractivity contribution >= 4 is 0 Å². The van der Waals surface area contributed by atoms with Crippen LogP contribution in [-0.4, -0.2) is 24.4 Å². The van der Waals surface area contributed by atoms with Gasteiger partial charge in [0.2, 0.25) is 0 Å². The lowest BCUT2D eigenvalue weighted by atomic mass is 9.76. The Labute approximate surface area is 81.3 Å². The van der Waals surface area contributed by atoms with Crippen molar-refractivity contribution in [3.8, 4) is 0 Å². The molecular weight excluding hydrogens is 164 g/mol. The highest BCUT2D eigenvalue weighted by molar-refractivity contribution is 4.80. The third-order valence-corrected chi connectivity index (χ3v) is 3.30. The van der Waals surface area contributed by atoms with E-state index in [1.807, 2.05) is 0 Å². The lowest BCUT2D eigenvalue weighted by Crippen LogP contribution is -2.25. The van der Waals surface area contributed by atoms with Crippen molar-refractivity contribution in [2.45, 2.75) is 40.2 Å². The Balaban J connectivity index is 2.40. The average Bonchev–Trinajstić information content (AvgIpc) is 2.34. The van der Waals surface area contributed by atoms with Crippen LogP contribution in [0.25, 0.3) is 0 Å². The van der Waals surface area contributed by atoms with Crippen molar-refractivity contribution in [3.05, 3.63) is 0 Å². The number of hydrogen-bond donors (Lipinski definition) is 1. The topological polar surface area (TPSA) is 29.5 Å². The maximum absolute atomic E-state index is 9.58. The second kappa shape index (κ2) is 3.97. The van der Waals surface area contributed by atoms with Gasteiger partial charge < -0.3 is 9.84 Å². The summed E-state index contributed by atoms with van der Waals surface area (Å²) in [6.45, 7) is 10.3. The van der Waals surface area contributed by atoms with Gasteiger partial charge in [0.25, 0.3) is 0 Å². The third-order valence-electron chi connectivity index (χ3n) is 3.30. The van der Waals surface area contributed by atoms with E-state index < -0.39 is 0 Å². The molecule has 0 aromatic heterocycles. The maximum atomic E-state index is 9.58. The van der Waals surface area contributed by atoms with E-state index in [2.05, 4.69) is 27.7 Å². The highest BCUT2D eigenvalue weighted by Gasteiger charge is 2.31. The molecule has 2 heteroatoms. The molecule has 0 saturated carbocycles. The van der Waals surface area contributed by atoms with Gasteiger partial charge in [0.1, 0.15) is 0 Å². The first-order valence-electron chi connectivity index (χ1n) is 5.17. The molecule has 3 atom stereocenters. The summed E-state index contributed by atoms with van der Waals surface area (Å²) in [7, 11) is 0. The molecule has 0 radical (unpaired) electrons. The van der Waals surface area contributed by atoms with Crippen LogP contribution in [0.15, 0.2) is 0 Å². The molecule has 0 bridgehead atoms. The summed E-state index contributed by atoms with van der Waals surface area (Å²) in [5.74, 6) is 0.989. The molecule has 1 N–H and O–H groups in total. The van der Waals surface area contributed by atoms with E-state index in [-0.39, 0.29) is 6.10 Å². The van der Waals surface area contributed by atoms with Crippen LogP contribution in [0.4, 0.5) is 0 Å². The van der Waals surface area contributed by atoms with Crippen LogP contribution >= 0.6 is 0 Å². The summed E-state index contributed by atoms with van der Waals surface area (Å²) in [6, 6.07) is 0. The minimum absolute atomic E-state index is 0.232. The maximum Gasteiger partial charge on any atom is 0.0823 e. The molecule has 0 aromatic carbocycles. The molecule has 78 valence electrons. The molecule has 2 nitrogen and oxygen atoms in total. The number of rotatable bonds is 2. The largest absolute Gasteiger partial charge is 0.390 e. The quantitative estimate of drug-likeness (QED) is 0.715. The Morgan fingerprint density at radius 1 is 1.38 bits per heavy atom. The minimum Gasteiger partial charge on any atom is -0.390 e. The second-order valence-corrected chi connectivity index (χ2v) is 5.37. The fraction of sp³-hybridized carbons (Fsp3) is 1.00. The lowest BCUT2D eigenvalue weighted by molar-refractivity contribution is 0.105. The standard InChI is InChI=1S/C11H22O2/c1-8(11(2,3)4)5-9-6-13-7-10(9)12/h8-10,12H,5-7H2,1-4H3/t8?,9-,10-/m1/s1. The fourth-order valence-electron chi connectivity index (χ4n) is 1.62. The van der Waals surface area contributed by atoms with Crippen LogP contribution in [0.3, 0.4) is 0 Å².